The Bertz CT molecular complexity index is 763. The quantitative estimate of drug-likeness (QED) is 0.718. The maximum atomic E-state index is 12.1. The third-order valence-electron chi connectivity index (χ3n) is 3.95. The van der Waals surface area contributed by atoms with Gasteiger partial charge in [-0.25, -0.2) is 0 Å². The smallest absolute Gasteiger partial charge is 0.289 e. The Morgan fingerprint density at radius 3 is 2.71 bits per heavy atom. The van der Waals surface area contributed by atoms with Crippen LogP contribution in [0, 0.1) is 0 Å². The predicted octanol–water partition coefficient (Wildman–Crippen LogP) is 3.78. The zero-order valence-corrected chi connectivity index (χ0v) is 13.6. The van der Waals surface area contributed by atoms with Gasteiger partial charge < -0.3 is 14.3 Å². The number of benzene rings is 1. The Morgan fingerprint density at radius 2 is 2.04 bits per heavy atom. The predicted molar refractivity (Wildman–Crippen MR) is 89.8 cm³/mol. The Balaban J connectivity index is 1.63. The van der Waals surface area contributed by atoms with Gasteiger partial charge in [0.1, 0.15) is 5.76 Å². The molecule has 3 aromatic rings. The average Bonchev–Trinajstić information content (AvgIpc) is 3.30. The van der Waals surface area contributed by atoms with Crippen molar-refractivity contribution in [1.82, 2.24) is 10.5 Å². The molecule has 3 rings (SSSR count). The standard InChI is InChI=1S/C19H20N2O3/c1-2-15-13-18(24-21-15)19(22)20-11-10-16(17-9-6-12-23-17)14-7-4-3-5-8-14/h3-9,12-13,16H,2,10-11H2,1H3,(H,20,22). The molecular formula is C19H20N2O3. The van der Waals surface area contributed by atoms with E-state index in [9.17, 15) is 4.79 Å². The Hall–Kier alpha value is -2.82. The largest absolute Gasteiger partial charge is 0.469 e. The second-order valence-corrected chi connectivity index (χ2v) is 5.56. The van der Waals surface area contributed by atoms with Crippen molar-refractivity contribution < 1.29 is 13.7 Å². The minimum absolute atomic E-state index is 0.0995. The van der Waals surface area contributed by atoms with Crippen molar-refractivity contribution in [3.05, 3.63) is 77.6 Å². The summed E-state index contributed by atoms with van der Waals surface area (Å²) in [5.41, 5.74) is 1.94. The molecule has 5 heteroatoms. The van der Waals surface area contributed by atoms with Crippen molar-refractivity contribution in [2.24, 2.45) is 0 Å². The van der Waals surface area contributed by atoms with Gasteiger partial charge in [0.25, 0.3) is 5.91 Å². The van der Waals surface area contributed by atoms with Crippen LogP contribution in [0.25, 0.3) is 0 Å². The number of rotatable bonds is 7. The highest BCUT2D eigenvalue weighted by Gasteiger charge is 2.18. The molecule has 0 saturated carbocycles. The van der Waals surface area contributed by atoms with E-state index in [4.69, 9.17) is 8.94 Å². The highest BCUT2D eigenvalue weighted by Crippen LogP contribution is 2.27. The van der Waals surface area contributed by atoms with Crippen LogP contribution < -0.4 is 5.32 Å². The fraction of sp³-hybridized carbons (Fsp3) is 0.263. The first kappa shape index (κ1) is 16.1. The first-order valence-corrected chi connectivity index (χ1v) is 8.10. The van der Waals surface area contributed by atoms with Gasteiger partial charge in [-0.15, -0.1) is 0 Å². The molecule has 2 aromatic heterocycles. The fourth-order valence-corrected chi connectivity index (χ4v) is 2.65. The molecule has 2 heterocycles. The first-order valence-electron chi connectivity index (χ1n) is 8.10. The van der Waals surface area contributed by atoms with Gasteiger partial charge in [0.15, 0.2) is 0 Å². The lowest BCUT2D eigenvalue weighted by Crippen LogP contribution is -2.25. The van der Waals surface area contributed by atoms with Crippen molar-refractivity contribution in [2.45, 2.75) is 25.7 Å². The molecular weight excluding hydrogens is 304 g/mol. The molecule has 5 nitrogen and oxygen atoms in total. The number of hydrogen-bond donors (Lipinski definition) is 1. The van der Waals surface area contributed by atoms with Crippen LogP contribution in [-0.2, 0) is 6.42 Å². The van der Waals surface area contributed by atoms with Crippen LogP contribution in [0.3, 0.4) is 0 Å². The summed E-state index contributed by atoms with van der Waals surface area (Å²) < 4.78 is 10.6. The first-order chi connectivity index (χ1) is 11.8. The molecule has 1 unspecified atom stereocenters. The summed E-state index contributed by atoms with van der Waals surface area (Å²) in [4.78, 5) is 12.1. The normalized spacial score (nSPS) is 12.0. The number of nitrogens with zero attached hydrogens (tertiary/aromatic N) is 1. The zero-order valence-electron chi connectivity index (χ0n) is 13.6. The van der Waals surface area contributed by atoms with Crippen LogP contribution in [0.4, 0.5) is 0 Å². The summed E-state index contributed by atoms with van der Waals surface area (Å²) in [5.74, 6) is 1.00. The zero-order chi connectivity index (χ0) is 16.8. The molecule has 0 aliphatic rings. The van der Waals surface area contributed by atoms with E-state index < -0.39 is 0 Å². The topological polar surface area (TPSA) is 68.3 Å². The van der Waals surface area contributed by atoms with Crippen molar-refractivity contribution >= 4 is 5.91 Å². The van der Waals surface area contributed by atoms with Crippen LogP contribution >= 0.6 is 0 Å². The van der Waals surface area contributed by atoms with E-state index in [2.05, 4.69) is 22.6 Å². The lowest BCUT2D eigenvalue weighted by atomic mass is 9.93. The van der Waals surface area contributed by atoms with Gasteiger partial charge >= 0.3 is 0 Å². The molecule has 1 aromatic carbocycles. The van der Waals surface area contributed by atoms with E-state index >= 15 is 0 Å². The number of hydrogen-bond acceptors (Lipinski definition) is 4. The summed E-state index contributed by atoms with van der Waals surface area (Å²) in [6.45, 7) is 2.48. The lowest BCUT2D eigenvalue weighted by molar-refractivity contribution is 0.0915. The minimum atomic E-state index is -0.242. The van der Waals surface area contributed by atoms with Crippen LogP contribution in [0.1, 0.15) is 46.8 Å². The summed E-state index contributed by atoms with van der Waals surface area (Å²) in [7, 11) is 0. The van der Waals surface area contributed by atoms with Crippen molar-refractivity contribution in [2.75, 3.05) is 6.54 Å². The highest BCUT2D eigenvalue weighted by molar-refractivity contribution is 5.91. The molecule has 0 aliphatic carbocycles. The van der Waals surface area contributed by atoms with E-state index in [-0.39, 0.29) is 17.6 Å². The van der Waals surface area contributed by atoms with E-state index in [1.807, 2.05) is 37.3 Å². The van der Waals surface area contributed by atoms with E-state index in [0.717, 1.165) is 29.9 Å². The number of carbonyl (C=O) groups is 1. The Labute approximate surface area is 140 Å². The van der Waals surface area contributed by atoms with Crippen molar-refractivity contribution in [3.63, 3.8) is 0 Å². The molecule has 1 N–H and O–H groups in total. The molecule has 0 aliphatic heterocycles. The average molecular weight is 324 g/mol. The number of nitrogens with one attached hydrogen (secondary N) is 1. The van der Waals surface area contributed by atoms with E-state index in [1.54, 1.807) is 12.3 Å². The Kier molecular flexibility index (Phi) is 5.11. The number of carbonyl (C=O) groups excluding carboxylic acids is 1. The molecule has 1 atom stereocenters. The molecule has 0 bridgehead atoms. The third kappa shape index (κ3) is 3.74. The molecule has 0 saturated heterocycles. The van der Waals surface area contributed by atoms with E-state index in [0.29, 0.717) is 6.54 Å². The number of furan rings is 1. The monoisotopic (exact) mass is 324 g/mol. The van der Waals surface area contributed by atoms with Crippen molar-refractivity contribution in [3.8, 4) is 0 Å². The Morgan fingerprint density at radius 1 is 1.21 bits per heavy atom. The van der Waals surface area contributed by atoms with Crippen LogP contribution in [0.15, 0.2) is 63.7 Å². The second kappa shape index (κ2) is 7.64. The summed E-state index contributed by atoms with van der Waals surface area (Å²) in [6, 6.07) is 15.7. The number of aromatic nitrogens is 1. The van der Waals surface area contributed by atoms with Crippen LogP contribution in [-0.4, -0.2) is 17.6 Å². The van der Waals surface area contributed by atoms with Gasteiger partial charge in [-0.3, -0.25) is 4.79 Å². The van der Waals surface area contributed by atoms with Gasteiger partial charge in [-0.05, 0) is 30.5 Å². The summed E-state index contributed by atoms with van der Waals surface area (Å²) in [5, 5.41) is 6.72. The number of aryl methyl sites for hydroxylation is 1. The molecule has 0 fully saturated rings. The van der Waals surface area contributed by atoms with E-state index in [1.165, 1.54) is 0 Å². The summed E-state index contributed by atoms with van der Waals surface area (Å²) in [6.07, 6.45) is 3.15. The highest BCUT2D eigenvalue weighted by atomic mass is 16.5. The molecule has 124 valence electrons. The minimum Gasteiger partial charge on any atom is -0.469 e. The van der Waals surface area contributed by atoms with Crippen molar-refractivity contribution in [1.29, 1.82) is 0 Å². The van der Waals surface area contributed by atoms with Gasteiger partial charge in [0.2, 0.25) is 5.76 Å². The molecule has 0 radical (unpaired) electrons. The third-order valence-corrected chi connectivity index (χ3v) is 3.95. The second-order valence-electron chi connectivity index (χ2n) is 5.56. The lowest BCUT2D eigenvalue weighted by Gasteiger charge is -2.15. The SMILES string of the molecule is CCc1cc(C(=O)NCCC(c2ccccc2)c2ccco2)on1. The number of amides is 1. The molecule has 0 spiro atoms. The molecule has 1 amide bonds. The maximum Gasteiger partial charge on any atom is 0.289 e. The van der Waals surface area contributed by atoms with Crippen LogP contribution in [0.2, 0.25) is 0 Å². The van der Waals surface area contributed by atoms with Gasteiger partial charge in [-0.2, -0.15) is 0 Å². The van der Waals surface area contributed by atoms with Gasteiger partial charge in [-0.1, -0.05) is 42.4 Å². The van der Waals surface area contributed by atoms with Crippen LogP contribution in [0.5, 0.6) is 0 Å². The fourth-order valence-electron chi connectivity index (χ4n) is 2.65. The molecule has 24 heavy (non-hydrogen) atoms. The van der Waals surface area contributed by atoms with Gasteiger partial charge in [0, 0.05) is 18.5 Å². The summed E-state index contributed by atoms with van der Waals surface area (Å²) >= 11 is 0. The maximum absolute atomic E-state index is 12.1. The van der Waals surface area contributed by atoms with Gasteiger partial charge in [0.05, 0.1) is 12.0 Å².